The Balaban J connectivity index is 3.80. The van der Waals surface area contributed by atoms with Crippen LogP contribution in [0.3, 0.4) is 0 Å². The molecule has 0 radical (unpaired) electrons. The molecule has 66 valence electrons. The quantitative estimate of drug-likeness (QED) is 0.490. The highest BCUT2D eigenvalue weighted by Crippen LogP contribution is 2.00. The maximum Gasteiger partial charge on any atom is 0.320 e. The number of nitrogens with one attached hydrogen (secondary N) is 2. The van der Waals surface area contributed by atoms with Crippen LogP contribution < -0.4 is 10.6 Å². The molecule has 4 nitrogen and oxygen atoms in total. The molecule has 0 aromatic carbocycles. The highest BCUT2D eigenvalue weighted by atomic mass is 16.4. The Labute approximate surface area is 67.0 Å². The second kappa shape index (κ2) is 5.09. The number of carboxylic acid groups (broad SMARTS) is 1. The summed E-state index contributed by atoms with van der Waals surface area (Å²) in [6, 6.07) is -0.456. The fourth-order valence-electron chi connectivity index (χ4n) is 0.820. The SMILES string of the molecule is CNCN[C@H](C(=O)O)C(C)C. The maximum absolute atomic E-state index is 10.6. The number of hydrogen-bond donors (Lipinski definition) is 3. The van der Waals surface area contributed by atoms with Gasteiger partial charge in [0.1, 0.15) is 6.04 Å². The van der Waals surface area contributed by atoms with Gasteiger partial charge in [0.25, 0.3) is 0 Å². The van der Waals surface area contributed by atoms with Gasteiger partial charge in [0.2, 0.25) is 0 Å². The lowest BCUT2D eigenvalue weighted by Crippen LogP contribution is -2.44. The van der Waals surface area contributed by atoms with Crippen LogP contribution in [0.1, 0.15) is 13.8 Å². The van der Waals surface area contributed by atoms with Gasteiger partial charge < -0.3 is 10.4 Å². The molecule has 0 spiro atoms. The summed E-state index contributed by atoms with van der Waals surface area (Å²) in [4.78, 5) is 10.6. The zero-order valence-corrected chi connectivity index (χ0v) is 7.22. The van der Waals surface area contributed by atoms with Crippen molar-refractivity contribution in [2.24, 2.45) is 5.92 Å². The highest BCUT2D eigenvalue weighted by Gasteiger charge is 2.19. The molecule has 0 saturated heterocycles. The number of hydrogen-bond acceptors (Lipinski definition) is 3. The molecule has 11 heavy (non-hydrogen) atoms. The molecule has 0 saturated carbocycles. The number of rotatable bonds is 5. The third kappa shape index (κ3) is 3.95. The Hall–Kier alpha value is -0.610. The number of aliphatic carboxylic acids is 1. The first-order valence-electron chi connectivity index (χ1n) is 3.70. The van der Waals surface area contributed by atoms with E-state index in [1.807, 2.05) is 13.8 Å². The fourth-order valence-corrected chi connectivity index (χ4v) is 0.820. The molecule has 4 heteroatoms. The predicted molar refractivity (Wildman–Crippen MR) is 43.3 cm³/mol. The normalized spacial score (nSPS) is 13.5. The molecule has 0 bridgehead atoms. The summed E-state index contributed by atoms with van der Waals surface area (Å²) < 4.78 is 0. The van der Waals surface area contributed by atoms with Crippen molar-refractivity contribution in [2.45, 2.75) is 19.9 Å². The van der Waals surface area contributed by atoms with Crippen molar-refractivity contribution in [1.29, 1.82) is 0 Å². The van der Waals surface area contributed by atoms with Gasteiger partial charge in [-0.25, -0.2) is 0 Å². The van der Waals surface area contributed by atoms with E-state index >= 15 is 0 Å². The van der Waals surface area contributed by atoms with Crippen LogP contribution in [-0.4, -0.2) is 30.8 Å². The van der Waals surface area contributed by atoms with Gasteiger partial charge in [-0.1, -0.05) is 13.8 Å². The molecule has 0 heterocycles. The van der Waals surface area contributed by atoms with E-state index in [9.17, 15) is 4.79 Å². The Kier molecular flexibility index (Phi) is 4.81. The zero-order valence-electron chi connectivity index (χ0n) is 7.22. The van der Waals surface area contributed by atoms with Crippen LogP contribution >= 0.6 is 0 Å². The van der Waals surface area contributed by atoms with E-state index in [0.29, 0.717) is 6.67 Å². The fraction of sp³-hybridized carbons (Fsp3) is 0.857. The first kappa shape index (κ1) is 10.4. The largest absolute Gasteiger partial charge is 0.480 e. The van der Waals surface area contributed by atoms with Crippen LogP contribution in [-0.2, 0) is 4.79 Å². The zero-order chi connectivity index (χ0) is 8.85. The lowest BCUT2D eigenvalue weighted by atomic mass is 10.1. The third-order valence-electron chi connectivity index (χ3n) is 1.43. The molecule has 0 unspecified atom stereocenters. The van der Waals surface area contributed by atoms with Gasteiger partial charge in [-0.2, -0.15) is 0 Å². The van der Waals surface area contributed by atoms with Gasteiger partial charge in [-0.3, -0.25) is 10.1 Å². The van der Waals surface area contributed by atoms with E-state index in [0.717, 1.165) is 0 Å². The molecule has 0 aliphatic heterocycles. The smallest absolute Gasteiger partial charge is 0.320 e. The predicted octanol–water partition coefficient (Wildman–Crippen LogP) is -0.138. The van der Waals surface area contributed by atoms with Crippen molar-refractivity contribution in [2.75, 3.05) is 13.7 Å². The summed E-state index contributed by atoms with van der Waals surface area (Å²) in [5, 5.41) is 14.4. The Morgan fingerprint density at radius 2 is 2.09 bits per heavy atom. The van der Waals surface area contributed by atoms with Crippen molar-refractivity contribution < 1.29 is 9.90 Å². The third-order valence-corrected chi connectivity index (χ3v) is 1.43. The standard InChI is InChI=1S/C7H16N2O2/c1-5(2)6(7(10)11)9-4-8-3/h5-6,8-9H,4H2,1-3H3,(H,10,11)/t6-/m0/s1. The Bertz CT molecular complexity index is 126. The van der Waals surface area contributed by atoms with E-state index < -0.39 is 12.0 Å². The van der Waals surface area contributed by atoms with Crippen LogP contribution in [0.4, 0.5) is 0 Å². The average Bonchev–Trinajstić information content (AvgIpc) is 1.87. The molecule has 3 N–H and O–H groups in total. The van der Waals surface area contributed by atoms with Crippen LogP contribution in [0.2, 0.25) is 0 Å². The summed E-state index contributed by atoms with van der Waals surface area (Å²) >= 11 is 0. The van der Waals surface area contributed by atoms with E-state index in [2.05, 4.69) is 10.6 Å². The van der Waals surface area contributed by atoms with Gasteiger partial charge in [-0.15, -0.1) is 0 Å². The first-order chi connectivity index (χ1) is 5.09. The molecule has 1 atom stereocenters. The van der Waals surface area contributed by atoms with E-state index in [1.165, 1.54) is 0 Å². The highest BCUT2D eigenvalue weighted by molar-refractivity contribution is 5.73. The van der Waals surface area contributed by atoms with E-state index in [4.69, 9.17) is 5.11 Å². The van der Waals surface area contributed by atoms with Crippen LogP contribution in [0.25, 0.3) is 0 Å². The molecule has 0 aromatic rings. The summed E-state index contributed by atoms with van der Waals surface area (Å²) in [6.07, 6.45) is 0. The number of carboxylic acids is 1. The lowest BCUT2D eigenvalue weighted by molar-refractivity contribution is -0.140. The van der Waals surface area contributed by atoms with Gasteiger partial charge in [0.15, 0.2) is 0 Å². The molecule has 0 aliphatic carbocycles. The van der Waals surface area contributed by atoms with Crippen molar-refractivity contribution in [3.63, 3.8) is 0 Å². The summed E-state index contributed by atoms with van der Waals surface area (Å²) in [5.41, 5.74) is 0. The van der Waals surface area contributed by atoms with E-state index in [-0.39, 0.29) is 5.92 Å². The Morgan fingerprint density at radius 1 is 1.55 bits per heavy atom. The van der Waals surface area contributed by atoms with Crippen LogP contribution in [0.15, 0.2) is 0 Å². The monoisotopic (exact) mass is 160 g/mol. The average molecular weight is 160 g/mol. The minimum atomic E-state index is -0.796. The van der Waals surface area contributed by atoms with Gasteiger partial charge >= 0.3 is 5.97 Å². The van der Waals surface area contributed by atoms with Crippen molar-refractivity contribution in [1.82, 2.24) is 10.6 Å². The lowest BCUT2D eigenvalue weighted by Gasteiger charge is -2.17. The molecule has 0 amide bonds. The van der Waals surface area contributed by atoms with Crippen molar-refractivity contribution >= 4 is 5.97 Å². The van der Waals surface area contributed by atoms with Gasteiger partial charge in [0.05, 0.1) is 0 Å². The Morgan fingerprint density at radius 3 is 2.36 bits per heavy atom. The maximum atomic E-state index is 10.6. The topological polar surface area (TPSA) is 61.4 Å². The van der Waals surface area contributed by atoms with Crippen molar-refractivity contribution in [3.8, 4) is 0 Å². The molecular weight excluding hydrogens is 144 g/mol. The van der Waals surface area contributed by atoms with Crippen molar-refractivity contribution in [3.05, 3.63) is 0 Å². The minimum Gasteiger partial charge on any atom is -0.480 e. The minimum absolute atomic E-state index is 0.112. The molecule has 0 aliphatic rings. The van der Waals surface area contributed by atoms with Gasteiger partial charge in [0, 0.05) is 6.67 Å². The second-order valence-electron chi connectivity index (χ2n) is 2.79. The first-order valence-corrected chi connectivity index (χ1v) is 3.70. The summed E-state index contributed by atoms with van der Waals surface area (Å²) in [7, 11) is 1.77. The molecule has 0 fully saturated rings. The number of carbonyl (C=O) groups is 1. The second-order valence-corrected chi connectivity index (χ2v) is 2.79. The van der Waals surface area contributed by atoms with Crippen LogP contribution in [0.5, 0.6) is 0 Å². The van der Waals surface area contributed by atoms with E-state index in [1.54, 1.807) is 7.05 Å². The summed E-state index contributed by atoms with van der Waals surface area (Å²) in [5.74, 6) is -0.684. The van der Waals surface area contributed by atoms with Gasteiger partial charge in [-0.05, 0) is 13.0 Å². The molecule has 0 rings (SSSR count). The molecular formula is C7H16N2O2. The molecule has 0 aromatic heterocycles. The summed E-state index contributed by atoms with van der Waals surface area (Å²) in [6.45, 7) is 4.28. The van der Waals surface area contributed by atoms with Crippen LogP contribution in [0, 0.1) is 5.92 Å².